The van der Waals surface area contributed by atoms with Crippen LogP contribution in [-0.4, -0.2) is 21.2 Å². The Labute approximate surface area is 162 Å². The van der Waals surface area contributed by atoms with Gasteiger partial charge in [-0.15, -0.1) is 11.3 Å². The third kappa shape index (κ3) is 2.07. The van der Waals surface area contributed by atoms with Gasteiger partial charge in [0.1, 0.15) is 5.82 Å². The number of halogens is 1. The molecule has 1 aliphatic heterocycles. The van der Waals surface area contributed by atoms with Crippen molar-refractivity contribution in [3.8, 4) is 11.1 Å². The molecule has 27 heavy (non-hydrogen) atoms. The molecule has 5 rings (SSSR count). The molecule has 2 aromatic heterocycles. The van der Waals surface area contributed by atoms with E-state index in [1.165, 1.54) is 0 Å². The summed E-state index contributed by atoms with van der Waals surface area (Å²) in [5, 5.41) is 17.1. The summed E-state index contributed by atoms with van der Waals surface area (Å²) < 4.78 is 16.2. The Kier molecular flexibility index (Phi) is 3.36. The average molecular weight is 383 g/mol. The zero-order chi connectivity index (χ0) is 19.0. The van der Waals surface area contributed by atoms with Crippen LogP contribution in [0.15, 0.2) is 35.8 Å². The highest BCUT2D eigenvalue weighted by molar-refractivity contribution is 7.17. The van der Waals surface area contributed by atoms with Crippen LogP contribution < -0.4 is 5.32 Å². The van der Waals surface area contributed by atoms with Crippen LogP contribution in [0.3, 0.4) is 0 Å². The monoisotopic (exact) mass is 382 g/mol. The maximum absolute atomic E-state index is 15.2. The molecule has 0 saturated heterocycles. The van der Waals surface area contributed by atoms with Crippen molar-refractivity contribution in [1.82, 2.24) is 4.98 Å². The van der Waals surface area contributed by atoms with E-state index in [1.54, 1.807) is 23.6 Å². The van der Waals surface area contributed by atoms with Crippen LogP contribution >= 0.6 is 11.3 Å². The second kappa shape index (κ2) is 5.30. The van der Waals surface area contributed by atoms with Crippen LogP contribution in [0.2, 0.25) is 0 Å². The highest BCUT2D eigenvalue weighted by atomic mass is 32.1. The van der Waals surface area contributed by atoms with Crippen LogP contribution in [0.25, 0.3) is 21.3 Å². The first kappa shape index (κ1) is 17.1. The second-order valence-corrected chi connectivity index (χ2v) is 9.58. The Hall–Kier alpha value is -1.98. The molecular formula is C22H23FN2OS. The van der Waals surface area contributed by atoms with Crippen LogP contribution in [0.4, 0.5) is 10.1 Å². The lowest BCUT2D eigenvalue weighted by molar-refractivity contribution is -0.0628. The van der Waals surface area contributed by atoms with Gasteiger partial charge in [0.2, 0.25) is 0 Å². The van der Waals surface area contributed by atoms with Crippen LogP contribution in [-0.2, 0) is 5.41 Å². The van der Waals surface area contributed by atoms with Gasteiger partial charge in [0, 0.05) is 28.4 Å². The van der Waals surface area contributed by atoms with Crippen LogP contribution in [0.5, 0.6) is 0 Å². The van der Waals surface area contributed by atoms with E-state index in [9.17, 15) is 5.11 Å². The highest BCUT2D eigenvalue weighted by Gasteiger charge is 2.62. The highest BCUT2D eigenvalue weighted by Crippen LogP contribution is 2.59. The summed E-state index contributed by atoms with van der Waals surface area (Å²) in [6, 6.07) is 7.40. The summed E-state index contributed by atoms with van der Waals surface area (Å²) in [4.78, 5) is 4.38. The van der Waals surface area contributed by atoms with Gasteiger partial charge < -0.3 is 10.4 Å². The number of hydrogen-bond acceptors (Lipinski definition) is 4. The third-order valence-electron chi connectivity index (χ3n) is 6.95. The van der Waals surface area contributed by atoms with Crippen molar-refractivity contribution in [3.63, 3.8) is 0 Å². The van der Waals surface area contributed by atoms with Gasteiger partial charge >= 0.3 is 0 Å². The normalized spacial score (nSPS) is 28.6. The average Bonchev–Trinajstić information content (AvgIpc) is 3.20. The number of hydrogen-bond donors (Lipinski definition) is 2. The van der Waals surface area contributed by atoms with E-state index < -0.39 is 16.6 Å². The molecule has 1 aromatic carbocycles. The van der Waals surface area contributed by atoms with E-state index in [0.29, 0.717) is 5.56 Å². The van der Waals surface area contributed by atoms with E-state index in [2.05, 4.69) is 17.2 Å². The molecule has 2 aliphatic rings. The van der Waals surface area contributed by atoms with Crippen molar-refractivity contribution in [2.45, 2.75) is 56.6 Å². The zero-order valence-electron chi connectivity index (χ0n) is 15.8. The van der Waals surface area contributed by atoms with Gasteiger partial charge in [-0.3, -0.25) is 4.98 Å². The minimum atomic E-state index is -0.863. The van der Waals surface area contributed by atoms with Gasteiger partial charge in [0.15, 0.2) is 0 Å². The first-order valence-electron chi connectivity index (χ1n) is 9.44. The molecule has 1 aliphatic carbocycles. The van der Waals surface area contributed by atoms with Crippen molar-refractivity contribution in [3.05, 3.63) is 47.2 Å². The molecule has 0 spiro atoms. The number of anilines is 1. The number of nitrogens with zero attached hydrogens (tertiary/aromatic N) is 1. The number of pyridine rings is 1. The predicted octanol–water partition coefficient (Wildman–Crippen LogP) is 5.48. The Balaban J connectivity index is 1.78. The molecule has 2 unspecified atom stereocenters. The minimum absolute atomic E-state index is 0.245. The van der Waals surface area contributed by atoms with Crippen molar-refractivity contribution in [2.24, 2.45) is 0 Å². The summed E-state index contributed by atoms with van der Waals surface area (Å²) in [5.74, 6) is -0.245. The molecule has 0 radical (unpaired) electrons. The molecule has 0 amide bonds. The van der Waals surface area contributed by atoms with Gasteiger partial charge in [-0.2, -0.15) is 0 Å². The molecule has 0 bridgehead atoms. The molecule has 5 heteroatoms. The molecule has 3 heterocycles. The number of aromatic nitrogens is 1. The van der Waals surface area contributed by atoms with E-state index in [-0.39, 0.29) is 5.82 Å². The van der Waals surface area contributed by atoms with Crippen molar-refractivity contribution in [1.29, 1.82) is 0 Å². The van der Waals surface area contributed by atoms with Gasteiger partial charge in [0.25, 0.3) is 0 Å². The van der Waals surface area contributed by atoms with E-state index in [0.717, 1.165) is 46.3 Å². The topological polar surface area (TPSA) is 45.2 Å². The molecule has 3 aromatic rings. The van der Waals surface area contributed by atoms with Gasteiger partial charge in [0.05, 0.1) is 21.4 Å². The first-order chi connectivity index (χ1) is 12.8. The number of aliphatic hydroxyl groups is 1. The molecule has 2 N–H and O–H groups in total. The van der Waals surface area contributed by atoms with E-state index in [1.807, 2.05) is 37.4 Å². The summed E-state index contributed by atoms with van der Waals surface area (Å²) in [6.45, 7) is 6.17. The Morgan fingerprint density at radius 2 is 1.96 bits per heavy atom. The van der Waals surface area contributed by atoms with E-state index in [4.69, 9.17) is 0 Å². The number of rotatable bonds is 1. The van der Waals surface area contributed by atoms with Crippen LogP contribution in [0.1, 0.15) is 45.6 Å². The summed E-state index contributed by atoms with van der Waals surface area (Å²) in [7, 11) is 0. The molecule has 140 valence electrons. The fourth-order valence-corrected chi connectivity index (χ4v) is 6.28. The van der Waals surface area contributed by atoms with Crippen molar-refractivity contribution < 1.29 is 9.50 Å². The maximum atomic E-state index is 15.2. The van der Waals surface area contributed by atoms with Crippen molar-refractivity contribution >= 4 is 27.2 Å². The number of thiophene rings is 1. The van der Waals surface area contributed by atoms with Crippen LogP contribution in [0, 0.1) is 5.82 Å². The lowest BCUT2D eigenvalue weighted by Crippen LogP contribution is -2.65. The van der Waals surface area contributed by atoms with Crippen molar-refractivity contribution in [2.75, 3.05) is 5.32 Å². The number of fused-ring (bicyclic) bond motifs is 4. The largest absolute Gasteiger partial charge is 0.387 e. The molecule has 3 nitrogen and oxygen atoms in total. The summed E-state index contributed by atoms with van der Waals surface area (Å²) in [6.07, 6.45) is 4.35. The van der Waals surface area contributed by atoms with Gasteiger partial charge in [-0.1, -0.05) is 6.92 Å². The smallest absolute Gasteiger partial charge is 0.133 e. The fraction of sp³-hybridized carbons (Fsp3) is 0.409. The number of benzene rings is 1. The minimum Gasteiger partial charge on any atom is -0.387 e. The second-order valence-electron chi connectivity index (χ2n) is 8.67. The maximum Gasteiger partial charge on any atom is 0.133 e. The third-order valence-corrected chi connectivity index (χ3v) is 7.88. The standard InChI is InChI=1S/C22H23FN2OS/c1-20(2)22(26)8-4-7-21(22,3)15-11-14(16(23)12-18(15)25-20)13-5-9-24-17-6-10-27-19(13)17/h5-6,9-12,25-26H,4,7-8H2,1-3H3. The van der Waals surface area contributed by atoms with Gasteiger partial charge in [-0.05, 0) is 68.3 Å². The van der Waals surface area contributed by atoms with E-state index >= 15 is 4.39 Å². The van der Waals surface area contributed by atoms with Gasteiger partial charge in [-0.25, -0.2) is 4.39 Å². The quantitative estimate of drug-likeness (QED) is 0.586. The fourth-order valence-electron chi connectivity index (χ4n) is 5.41. The lowest BCUT2D eigenvalue weighted by Gasteiger charge is -2.55. The number of nitrogens with one attached hydrogen (secondary N) is 1. The molecule has 2 atom stereocenters. The Morgan fingerprint density at radius 3 is 2.78 bits per heavy atom. The molecular weight excluding hydrogens is 359 g/mol. The zero-order valence-corrected chi connectivity index (χ0v) is 16.6. The first-order valence-corrected chi connectivity index (χ1v) is 10.3. The predicted molar refractivity (Wildman–Crippen MR) is 109 cm³/mol. The molecule has 1 saturated carbocycles. The molecule has 1 fully saturated rings. The SMILES string of the molecule is CC1(C)Nc2cc(F)c(-c3ccnc4ccsc34)cc2C2(C)CCCC12O. The summed E-state index contributed by atoms with van der Waals surface area (Å²) in [5.41, 5.74) is 2.37. The lowest BCUT2D eigenvalue weighted by atomic mass is 9.60. The Bertz CT molecular complexity index is 1080. The Morgan fingerprint density at radius 1 is 1.15 bits per heavy atom. The summed E-state index contributed by atoms with van der Waals surface area (Å²) >= 11 is 1.58.